The monoisotopic (exact) mass is 363 g/mol. The number of carbonyl (C=O) groups excluding carboxylic acids is 2. The van der Waals surface area contributed by atoms with Crippen LogP contribution in [0.2, 0.25) is 0 Å². The van der Waals surface area contributed by atoms with Gasteiger partial charge >= 0.3 is 5.97 Å². The predicted molar refractivity (Wildman–Crippen MR) is 95.1 cm³/mol. The van der Waals surface area contributed by atoms with Crippen LogP contribution in [0.1, 0.15) is 47.7 Å². The second-order valence-electron chi connectivity index (χ2n) is 6.13. The number of ether oxygens (including phenoxy) is 1. The molecular weight excluding hydrogens is 342 g/mol. The first-order chi connectivity index (χ1) is 11.9. The third kappa shape index (κ3) is 3.18. The molecule has 0 fully saturated rings. The molecule has 1 N–H and O–H groups in total. The summed E-state index contributed by atoms with van der Waals surface area (Å²) in [5, 5.41) is 3.14. The standard InChI is InChI=1S/C17H21N3O4S/c1-4-24-17(23)10(3)18-14(21)13-9(2)12-15(25-13)19-11-7-5-6-8-20(11)16(12)22/h10H,4-8H2,1-3H3,(H,18,21)/t10-/m0/s1. The van der Waals surface area contributed by atoms with E-state index in [4.69, 9.17) is 4.74 Å². The van der Waals surface area contributed by atoms with Gasteiger partial charge in [-0.1, -0.05) is 0 Å². The van der Waals surface area contributed by atoms with E-state index < -0.39 is 12.0 Å². The SMILES string of the molecule is CCOC(=O)[C@H](C)NC(=O)c1sc2nc3n(c(=O)c2c1C)CCCC3. The number of amides is 1. The largest absolute Gasteiger partial charge is 0.464 e. The second-order valence-corrected chi connectivity index (χ2v) is 7.12. The van der Waals surface area contributed by atoms with Gasteiger partial charge in [0.1, 0.15) is 16.7 Å². The fourth-order valence-electron chi connectivity index (χ4n) is 3.04. The highest BCUT2D eigenvalue weighted by Crippen LogP contribution is 2.28. The van der Waals surface area contributed by atoms with E-state index >= 15 is 0 Å². The molecule has 25 heavy (non-hydrogen) atoms. The zero-order valence-electron chi connectivity index (χ0n) is 14.5. The first-order valence-electron chi connectivity index (χ1n) is 8.44. The Balaban J connectivity index is 1.96. The molecule has 3 heterocycles. The number of hydrogen-bond donors (Lipinski definition) is 1. The van der Waals surface area contributed by atoms with Crippen LogP contribution in [0.5, 0.6) is 0 Å². The molecule has 8 heteroatoms. The van der Waals surface area contributed by atoms with E-state index in [1.165, 1.54) is 11.3 Å². The Morgan fingerprint density at radius 1 is 1.40 bits per heavy atom. The Labute approximate surface area is 149 Å². The van der Waals surface area contributed by atoms with Crippen molar-refractivity contribution in [3.05, 3.63) is 26.6 Å². The summed E-state index contributed by atoms with van der Waals surface area (Å²) < 4.78 is 6.62. The van der Waals surface area contributed by atoms with Gasteiger partial charge in [0.15, 0.2) is 0 Å². The summed E-state index contributed by atoms with van der Waals surface area (Å²) in [7, 11) is 0. The summed E-state index contributed by atoms with van der Waals surface area (Å²) in [6, 6.07) is -0.751. The number of aryl methyl sites for hydroxylation is 2. The summed E-state index contributed by atoms with van der Waals surface area (Å²) in [5.41, 5.74) is 0.540. The van der Waals surface area contributed by atoms with E-state index in [0.29, 0.717) is 27.2 Å². The molecule has 1 amide bonds. The van der Waals surface area contributed by atoms with Crippen molar-refractivity contribution in [2.24, 2.45) is 0 Å². The maximum absolute atomic E-state index is 12.8. The van der Waals surface area contributed by atoms with Crippen molar-refractivity contribution in [3.8, 4) is 0 Å². The molecule has 134 valence electrons. The number of fused-ring (bicyclic) bond motifs is 2. The summed E-state index contributed by atoms with van der Waals surface area (Å²) in [6.07, 6.45) is 2.77. The first-order valence-corrected chi connectivity index (χ1v) is 9.26. The molecule has 1 atom stereocenters. The number of carbonyl (C=O) groups is 2. The van der Waals surface area contributed by atoms with Crippen LogP contribution in [0, 0.1) is 6.92 Å². The van der Waals surface area contributed by atoms with Crippen molar-refractivity contribution in [1.82, 2.24) is 14.9 Å². The molecule has 0 radical (unpaired) electrons. The lowest BCUT2D eigenvalue weighted by molar-refractivity contribution is -0.144. The predicted octanol–water partition coefficient (Wildman–Crippen LogP) is 1.78. The van der Waals surface area contributed by atoms with E-state index in [9.17, 15) is 14.4 Å². The fraction of sp³-hybridized carbons (Fsp3) is 0.529. The van der Waals surface area contributed by atoms with Crippen LogP contribution >= 0.6 is 11.3 Å². The quantitative estimate of drug-likeness (QED) is 0.837. The smallest absolute Gasteiger partial charge is 0.328 e. The molecule has 0 saturated carbocycles. The van der Waals surface area contributed by atoms with E-state index in [1.807, 2.05) is 0 Å². The van der Waals surface area contributed by atoms with Gasteiger partial charge in [0.2, 0.25) is 0 Å². The van der Waals surface area contributed by atoms with Crippen molar-refractivity contribution in [1.29, 1.82) is 0 Å². The average molecular weight is 363 g/mol. The van der Waals surface area contributed by atoms with Gasteiger partial charge in [-0.05, 0) is 39.2 Å². The minimum atomic E-state index is -0.751. The van der Waals surface area contributed by atoms with Crippen LogP contribution in [0.4, 0.5) is 0 Å². The minimum Gasteiger partial charge on any atom is -0.464 e. The number of thiophene rings is 1. The lowest BCUT2D eigenvalue weighted by atomic mass is 10.1. The Morgan fingerprint density at radius 2 is 2.16 bits per heavy atom. The number of esters is 1. The molecule has 0 saturated heterocycles. The Bertz CT molecular complexity index is 899. The highest BCUT2D eigenvalue weighted by molar-refractivity contribution is 7.20. The van der Waals surface area contributed by atoms with Crippen LogP contribution in [-0.2, 0) is 22.5 Å². The first kappa shape index (κ1) is 17.6. The van der Waals surface area contributed by atoms with Crippen LogP contribution < -0.4 is 10.9 Å². The van der Waals surface area contributed by atoms with Crippen molar-refractivity contribution in [2.75, 3.05) is 6.61 Å². The van der Waals surface area contributed by atoms with Gasteiger partial charge < -0.3 is 10.1 Å². The maximum Gasteiger partial charge on any atom is 0.328 e. The minimum absolute atomic E-state index is 0.0778. The molecule has 0 aromatic carbocycles. The van der Waals surface area contributed by atoms with E-state index in [2.05, 4.69) is 10.3 Å². The molecule has 1 aliphatic rings. The molecule has 2 aromatic heterocycles. The molecule has 1 aliphatic heterocycles. The van der Waals surface area contributed by atoms with E-state index in [-0.39, 0.29) is 18.1 Å². The van der Waals surface area contributed by atoms with Crippen molar-refractivity contribution >= 4 is 33.4 Å². The summed E-state index contributed by atoms with van der Waals surface area (Å²) in [5.74, 6) is -0.0800. The van der Waals surface area contributed by atoms with E-state index in [1.54, 1.807) is 25.3 Å². The fourth-order valence-corrected chi connectivity index (χ4v) is 4.13. The van der Waals surface area contributed by atoms with Crippen LogP contribution in [0.3, 0.4) is 0 Å². The van der Waals surface area contributed by atoms with Gasteiger partial charge in [-0.3, -0.25) is 14.2 Å². The average Bonchev–Trinajstić information content (AvgIpc) is 2.92. The van der Waals surface area contributed by atoms with Crippen molar-refractivity contribution < 1.29 is 14.3 Å². The number of nitrogens with one attached hydrogen (secondary N) is 1. The third-order valence-corrected chi connectivity index (χ3v) is 5.54. The normalized spacial score (nSPS) is 14.8. The Morgan fingerprint density at radius 3 is 2.88 bits per heavy atom. The number of hydrogen-bond acceptors (Lipinski definition) is 6. The molecule has 0 spiro atoms. The molecule has 3 rings (SSSR count). The highest BCUT2D eigenvalue weighted by Gasteiger charge is 2.24. The highest BCUT2D eigenvalue weighted by atomic mass is 32.1. The summed E-state index contributed by atoms with van der Waals surface area (Å²) in [6.45, 7) is 5.97. The van der Waals surface area contributed by atoms with Gasteiger partial charge in [0.05, 0.1) is 16.9 Å². The van der Waals surface area contributed by atoms with Crippen LogP contribution in [0.25, 0.3) is 10.2 Å². The zero-order valence-corrected chi connectivity index (χ0v) is 15.4. The molecular formula is C17H21N3O4S. The Kier molecular flexibility index (Phi) is 4.89. The van der Waals surface area contributed by atoms with Gasteiger partial charge in [-0.15, -0.1) is 11.3 Å². The van der Waals surface area contributed by atoms with Crippen LogP contribution in [-0.4, -0.2) is 34.1 Å². The number of rotatable bonds is 4. The molecule has 7 nitrogen and oxygen atoms in total. The van der Waals surface area contributed by atoms with Gasteiger partial charge in [0.25, 0.3) is 11.5 Å². The number of aromatic nitrogens is 2. The van der Waals surface area contributed by atoms with Crippen molar-refractivity contribution in [2.45, 2.75) is 52.6 Å². The third-order valence-electron chi connectivity index (χ3n) is 4.36. The van der Waals surface area contributed by atoms with Gasteiger partial charge in [-0.25, -0.2) is 9.78 Å². The van der Waals surface area contributed by atoms with E-state index in [0.717, 1.165) is 25.1 Å². The summed E-state index contributed by atoms with van der Waals surface area (Å²) in [4.78, 5) is 42.6. The number of nitrogens with zero attached hydrogens (tertiary/aromatic N) is 2. The Hall–Kier alpha value is -2.22. The molecule has 2 aromatic rings. The van der Waals surface area contributed by atoms with Crippen molar-refractivity contribution in [3.63, 3.8) is 0 Å². The molecule has 0 bridgehead atoms. The lowest BCUT2D eigenvalue weighted by Gasteiger charge is -2.16. The van der Waals surface area contributed by atoms with Gasteiger partial charge in [0, 0.05) is 13.0 Å². The second kappa shape index (κ2) is 6.95. The van der Waals surface area contributed by atoms with Crippen LogP contribution in [0.15, 0.2) is 4.79 Å². The lowest BCUT2D eigenvalue weighted by Crippen LogP contribution is -2.39. The molecule has 0 unspecified atom stereocenters. The van der Waals surface area contributed by atoms with Gasteiger partial charge in [-0.2, -0.15) is 0 Å². The topological polar surface area (TPSA) is 90.3 Å². The maximum atomic E-state index is 12.8. The molecule has 0 aliphatic carbocycles. The zero-order chi connectivity index (χ0) is 18.1. The summed E-state index contributed by atoms with van der Waals surface area (Å²) >= 11 is 1.20.